The Morgan fingerprint density at radius 1 is 0.257 bits per heavy atom. The quantitative estimate of drug-likeness (QED) is 0.144. The molecule has 13 aromatic rings. The van der Waals surface area contributed by atoms with E-state index in [9.17, 15) is 0 Å². The molecule has 0 saturated carbocycles. The molecular formula is C68H45NO. The number of furan rings is 1. The standard InChI is InChI=1S/C68H45NO/c1-2-16-51(17-3-1)61-42-43-65(67-64-24-12-13-25-66(64)70-68(61)67)69(57-38-34-49(35-39-57)48-26-28-50(29-27-48)55-32-30-46-14-4-6-18-53(46)44-55)58-40-36-52(37-41-58)59-20-8-10-22-62(59)63-23-11-9-21-60(63)56-33-31-47-15-5-7-19-54(47)45-56/h1-45H. The van der Waals surface area contributed by atoms with Gasteiger partial charge in [0.15, 0.2) is 0 Å². The number of benzene rings is 12. The third-order valence-electron chi connectivity index (χ3n) is 13.9. The van der Waals surface area contributed by atoms with Crippen LogP contribution in [-0.4, -0.2) is 0 Å². The topological polar surface area (TPSA) is 16.4 Å². The van der Waals surface area contributed by atoms with E-state index in [0.717, 1.165) is 61.3 Å². The molecule has 12 aromatic carbocycles. The van der Waals surface area contributed by atoms with Crippen molar-refractivity contribution in [1.29, 1.82) is 0 Å². The van der Waals surface area contributed by atoms with Gasteiger partial charge >= 0.3 is 0 Å². The van der Waals surface area contributed by atoms with E-state index in [1.807, 2.05) is 6.07 Å². The molecule has 70 heavy (non-hydrogen) atoms. The second-order valence-electron chi connectivity index (χ2n) is 18.0. The molecular weight excluding hydrogens is 847 g/mol. The van der Waals surface area contributed by atoms with E-state index in [0.29, 0.717) is 0 Å². The van der Waals surface area contributed by atoms with Crippen LogP contribution in [0.3, 0.4) is 0 Å². The molecule has 2 heteroatoms. The third-order valence-corrected chi connectivity index (χ3v) is 13.9. The Hall–Kier alpha value is -9.24. The van der Waals surface area contributed by atoms with E-state index < -0.39 is 0 Å². The second kappa shape index (κ2) is 17.4. The van der Waals surface area contributed by atoms with Crippen LogP contribution in [0.25, 0.3) is 110 Å². The summed E-state index contributed by atoms with van der Waals surface area (Å²) in [7, 11) is 0. The summed E-state index contributed by atoms with van der Waals surface area (Å²) in [5, 5.41) is 7.13. The highest BCUT2D eigenvalue weighted by Crippen LogP contribution is 2.47. The summed E-state index contributed by atoms with van der Waals surface area (Å²) in [5.41, 5.74) is 18.9. The highest BCUT2D eigenvalue weighted by molar-refractivity contribution is 6.17. The highest BCUT2D eigenvalue weighted by atomic mass is 16.3. The Morgan fingerprint density at radius 2 is 0.686 bits per heavy atom. The Labute approximate surface area is 407 Å². The largest absolute Gasteiger partial charge is 0.455 e. The molecule has 328 valence electrons. The molecule has 13 rings (SSSR count). The summed E-state index contributed by atoms with van der Waals surface area (Å²) < 4.78 is 6.81. The maximum atomic E-state index is 6.81. The van der Waals surface area contributed by atoms with E-state index in [1.165, 1.54) is 66.1 Å². The predicted molar refractivity (Wildman–Crippen MR) is 296 cm³/mol. The Balaban J connectivity index is 0.913. The van der Waals surface area contributed by atoms with Crippen molar-refractivity contribution in [3.8, 4) is 66.8 Å². The molecule has 0 unspecified atom stereocenters. The summed E-state index contributed by atoms with van der Waals surface area (Å²) >= 11 is 0. The summed E-state index contributed by atoms with van der Waals surface area (Å²) in [5.74, 6) is 0. The lowest BCUT2D eigenvalue weighted by molar-refractivity contribution is 0.670. The van der Waals surface area contributed by atoms with Crippen LogP contribution >= 0.6 is 0 Å². The molecule has 0 aliphatic heterocycles. The fourth-order valence-corrected chi connectivity index (χ4v) is 10.4. The lowest BCUT2D eigenvalue weighted by Crippen LogP contribution is -2.10. The van der Waals surface area contributed by atoms with Crippen molar-refractivity contribution >= 4 is 60.5 Å². The predicted octanol–water partition coefficient (Wildman–Crippen LogP) is 19.4. The molecule has 0 amide bonds. The molecule has 0 spiro atoms. The number of para-hydroxylation sites is 1. The van der Waals surface area contributed by atoms with Crippen LogP contribution in [0.2, 0.25) is 0 Å². The number of anilines is 3. The van der Waals surface area contributed by atoms with Crippen LogP contribution in [0.1, 0.15) is 0 Å². The van der Waals surface area contributed by atoms with E-state index in [2.05, 4.69) is 272 Å². The summed E-state index contributed by atoms with van der Waals surface area (Å²) in [4.78, 5) is 2.39. The minimum Gasteiger partial charge on any atom is -0.455 e. The molecule has 0 saturated heterocycles. The van der Waals surface area contributed by atoms with Gasteiger partial charge in [0.1, 0.15) is 11.2 Å². The van der Waals surface area contributed by atoms with Crippen molar-refractivity contribution < 1.29 is 4.42 Å². The van der Waals surface area contributed by atoms with Crippen LogP contribution in [0.4, 0.5) is 17.1 Å². The molecule has 0 radical (unpaired) electrons. The number of fused-ring (bicyclic) bond motifs is 5. The average molecular weight is 892 g/mol. The Kier molecular flexibility index (Phi) is 10.2. The Morgan fingerprint density at radius 3 is 1.31 bits per heavy atom. The van der Waals surface area contributed by atoms with Gasteiger partial charge in [-0.3, -0.25) is 0 Å². The maximum Gasteiger partial charge on any atom is 0.145 e. The minimum atomic E-state index is 0.862. The van der Waals surface area contributed by atoms with Crippen LogP contribution < -0.4 is 4.90 Å². The SMILES string of the molecule is c1ccc(-c2ccc(N(c3ccc(-c4ccc(-c5ccc6ccccc6c5)cc4)cc3)c3ccc(-c4ccccc4-c4ccccc4-c4ccc5ccccc5c4)cc3)c3c2oc2ccccc23)cc1. The fraction of sp³-hybridized carbons (Fsp3) is 0. The first kappa shape index (κ1) is 41.0. The molecule has 2 nitrogen and oxygen atoms in total. The maximum absolute atomic E-state index is 6.81. The van der Waals surface area contributed by atoms with Crippen LogP contribution in [0.5, 0.6) is 0 Å². The van der Waals surface area contributed by atoms with Gasteiger partial charge in [-0.2, -0.15) is 0 Å². The van der Waals surface area contributed by atoms with Gasteiger partial charge in [0.05, 0.1) is 11.1 Å². The van der Waals surface area contributed by atoms with Crippen molar-refractivity contribution in [3.05, 3.63) is 273 Å². The van der Waals surface area contributed by atoms with Crippen LogP contribution in [-0.2, 0) is 0 Å². The van der Waals surface area contributed by atoms with Gasteiger partial charge in [-0.25, -0.2) is 0 Å². The first-order valence-corrected chi connectivity index (χ1v) is 24.0. The van der Waals surface area contributed by atoms with Gasteiger partial charge in [0.2, 0.25) is 0 Å². The average Bonchev–Trinajstić information content (AvgIpc) is 3.84. The molecule has 1 aromatic heterocycles. The molecule has 0 atom stereocenters. The van der Waals surface area contributed by atoms with E-state index in [1.54, 1.807) is 0 Å². The van der Waals surface area contributed by atoms with Gasteiger partial charge < -0.3 is 9.32 Å². The van der Waals surface area contributed by atoms with Gasteiger partial charge in [0.25, 0.3) is 0 Å². The van der Waals surface area contributed by atoms with E-state index in [4.69, 9.17) is 4.42 Å². The van der Waals surface area contributed by atoms with Crippen molar-refractivity contribution in [2.45, 2.75) is 0 Å². The van der Waals surface area contributed by atoms with Crippen molar-refractivity contribution in [1.82, 2.24) is 0 Å². The highest BCUT2D eigenvalue weighted by Gasteiger charge is 2.23. The summed E-state index contributed by atoms with van der Waals surface area (Å²) in [6.45, 7) is 0. The van der Waals surface area contributed by atoms with E-state index in [-0.39, 0.29) is 0 Å². The molecule has 0 fully saturated rings. The first-order chi connectivity index (χ1) is 34.7. The minimum absolute atomic E-state index is 0.862. The zero-order chi connectivity index (χ0) is 46.4. The van der Waals surface area contributed by atoms with E-state index >= 15 is 0 Å². The number of rotatable bonds is 9. The normalized spacial score (nSPS) is 11.4. The smallest absolute Gasteiger partial charge is 0.145 e. The van der Waals surface area contributed by atoms with Gasteiger partial charge in [0, 0.05) is 22.3 Å². The zero-order valence-electron chi connectivity index (χ0n) is 38.3. The lowest BCUT2D eigenvalue weighted by atomic mass is 9.89. The van der Waals surface area contributed by atoms with Crippen molar-refractivity contribution in [3.63, 3.8) is 0 Å². The van der Waals surface area contributed by atoms with Gasteiger partial charge in [-0.15, -0.1) is 0 Å². The molecule has 1 heterocycles. The summed E-state index contributed by atoms with van der Waals surface area (Å²) in [6.07, 6.45) is 0. The molecule has 0 aliphatic rings. The summed E-state index contributed by atoms with van der Waals surface area (Å²) in [6, 6.07) is 98.6. The molecule has 0 N–H and O–H groups in total. The van der Waals surface area contributed by atoms with Crippen LogP contribution in [0.15, 0.2) is 277 Å². The van der Waals surface area contributed by atoms with Crippen molar-refractivity contribution in [2.75, 3.05) is 4.90 Å². The monoisotopic (exact) mass is 891 g/mol. The first-order valence-electron chi connectivity index (χ1n) is 24.0. The zero-order valence-corrected chi connectivity index (χ0v) is 38.3. The second-order valence-corrected chi connectivity index (χ2v) is 18.0. The van der Waals surface area contributed by atoms with Gasteiger partial charge in [-0.1, -0.05) is 218 Å². The number of hydrogen-bond acceptors (Lipinski definition) is 2. The molecule has 0 bridgehead atoms. The Bertz CT molecular complexity index is 4040. The fourth-order valence-electron chi connectivity index (χ4n) is 10.4. The van der Waals surface area contributed by atoms with Crippen LogP contribution in [0, 0.1) is 0 Å². The lowest BCUT2D eigenvalue weighted by Gasteiger charge is -2.27. The third kappa shape index (κ3) is 7.40. The molecule has 0 aliphatic carbocycles. The van der Waals surface area contributed by atoms with Gasteiger partial charge in [-0.05, 0) is 137 Å². The van der Waals surface area contributed by atoms with Crippen molar-refractivity contribution in [2.24, 2.45) is 0 Å². The number of hydrogen-bond donors (Lipinski definition) is 0. The number of nitrogens with zero attached hydrogens (tertiary/aromatic N) is 1.